The van der Waals surface area contributed by atoms with Gasteiger partial charge < -0.3 is 15.8 Å². The average Bonchev–Trinajstić information content (AvgIpc) is 2.53. The highest BCUT2D eigenvalue weighted by Gasteiger charge is 2.28. The van der Waals surface area contributed by atoms with Crippen molar-refractivity contribution in [3.63, 3.8) is 0 Å². The lowest BCUT2D eigenvalue weighted by atomic mass is 9.85. The zero-order valence-corrected chi connectivity index (χ0v) is 14.9. The third-order valence-corrected chi connectivity index (χ3v) is 4.34. The van der Waals surface area contributed by atoms with Crippen molar-refractivity contribution in [3.05, 3.63) is 35.9 Å². The molecule has 0 bridgehead atoms. The van der Waals surface area contributed by atoms with E-state index in [1.54, 1.807) is 0 Å². The van der Waals surface area contributed by atoms with Gasteiger partial charge in [0.2, 0.25) is 5.91 Å². The van der Waals surface area contributed by atoms with Crippen LogP contribution in [0.4, 0.5) is 0 Å². The third-order valence-electron chi connectivity index (χ3n) is 4.34. The third kappa shape index (κ3) is 6.50. The van der Waals surface area contributed by atoms with E-state index in [1.807, 2.05) is 18.2 Å². The van der Waals surface area contributed by atoms with Crippen molar-refractivity contribution in [2.24, 2.45) is 17.1 Å². The first-order valence-electron chi connectivity index (χ1n) is 8.13. The molecule has 4 nitrogen and oxygen atoms in total. The number of ether oxygens (including phenoxy) is 1. The summed E-state index contributed by atoms with van der Waals surface area (Å²) in [6, 6.07) is 9.94. The lowest BCUT2D eigenvalue weighted by Crippen LogP contribution is -2.49. The van der Waals surface area contributed by atoms with Crippen molar-refractivity contribution in [1.82, 2.24) is 5.32 Å². The summed E-state index contributed by atoms with van der Waals surface area (Å²) in [5, 5.41) is 3.04. The van der Waals surface area contributed by atoms with Crippen molar-refractivity contribution >= 4 is 18.3 Å². The van der Waals surface area contributed by atoms with E-state index in [0.717, 1.165) is 19.3 Å². The molecule has 1 aromatic carbocycles. The average molecular weight is 341 g/mol. The van der Waals surface area contributed by atoms with E-state index in [9.17, 15) is 4.79 Å². The van der Waals surface area contributed by atoms with Crippen LogP contribution in [0.1, 0.15) is 32.3 Å². The second kappa shape index (κ2) is 9.26. The minimum absolute atomic E-state index is 0. The van der Waals surface area contributed by atoms with Crippen LogP contribution in [0.3, 0.4) is 0 Å². The highest BCUT2D eigenvalue weighted by molar-refractivity contribution is 5.85. The molecule has 1 heterocycles. The minimum Gasteiger partial charge on any atom is -0.381 e. The Bertz CT molecular complexity index is 473. The Kier molecular flexibility index (Phi) is 8.03. The van der Waals surface area contributed by atoms with Crippen molar-refractivity contribution in [2.75, 3.05) is 19.8 Å². The Labute approximate surface area is 145 Å². The Morgan fingerprint density at radius 1 is 1.30 bits per heavy atom. The summed E-state index contributed by atoms with van der Waals surface area (Å²) in [7, 11) is 0. The quantitative estimate of drug-likeness (QED) is 0.836. The molecule has 1 amide bonds. The molecule has 2 rings (SSSR count). The predicted molar refractivity (Wildman–Crippen MR) is 95.7 cm³/mol. The zero-order valence-electron chi connectivity index (χ0n) is 14.1. The largest absolute Gasteiger partial charge is 0.381 e. The number of nitrogens with two attached hydrogens (primary N) is 1. The molecule has 3 N–H and O–H groups in total. The van der Waals surface area contributed by atoms with Crippen LogP contribution < -0.4 is 11.1 Å². The van der Waals surface area contributed by atoms with Crippen LogP contribution in [0, 0.1) is 11.3 Å². The minimum atomic E-state index is -0.420. The maximum Gasteiger partial charge on any atom is 0.237 e. The fraction of sp³-hybridized carbons (Fsp3) is 0.611. The molecular formula is C18H29ClN2O2. The monoisotopic (exact) mass is 340 g/mol. The molecule has 1 saturated heterocycles. The topological polar surface area (TPSA) is 64.4 Å². The number of rotatable bonds is 6. The van der Waals surface area contributed by atoms with Gasteiger partial charge >= 0.3 is 0 Å². The van der Waals surface area contributed by atoms with Gasteiger partial charge in [-0.15, -0.1) is 12.4 Å². The second-order valence-corrected chi connectivity index (χ2v) is 7.02. The lowest BCUT2D eigenvalue weighted by molar-refractivity contribution is -0.124. The molecule has 23 heavy (non-hydrogen) atoms. The molecule has 5 heteroatoms. The molecule has 0 aromatic heterocycles. The highest BCUT2D eigenvalue weighted by Crippen LogP contribution is 2.21. The first kappa shape index (κ1) is 19.9. The molecule has 0 spiro atoms. The smallest absolute Gasteiger partial charge is 0.237 e. The number of carbonyl (C=O) groups is 1. The van der Waals surface area contributed by atoms with Gasteiger partial charge in [-0.05, 0) is 36.2 Å². The van der Waals surface area contributed by atoms with Gasteiger partial charge in [-0.3, -0.25) is 4.79 Å². The Balaban J connectivity index is 0.00000264. The first-order chi connectivity index (χ1) is 10.5. The molecule has 1 fully saturated rings. The molecule has 1 unspecified atom stereocenters. The summed E-state index contributed by atoms with van der Waals surface area (Å²) in [6.45, 7) is 6.40. The van der Waals surface area contributed by atoms with Gasteiger partial charge in [0.15, 0.2) is 0 Å². The van der Waals surface area contributed by atoms with E-state index in [-0.39, 0.29) is 29.6 Å². The van der Waals surface area contributed by atoms with E-state index in [0.29, 0.717) is 19.8 Å². The first-order valence-corrected chi connectivity index (χ1v) is 8.13. The molecule has 130 valence electrons. The molecule has 1 aromatic rings. The SMILES string of the molecule is CC(C)(CNC(=O)C(N)C1CCOCC1)Cc1ccccc1.Cl. The van der Waals surface area contributed by atoms with Gasteiger partial charge in [0.25, 0.3) is 0 Å². The number of hydrogen-bond acceptors (Lipinski definition) is 3. The highest BCUT2D eigenvalue weighted by atomic mass is 35.5. The van der Waals surface area contributed by atoms with E-state index in [4.69, 9.17) is 10.5 Å². The van der Waals surface area contributed by atoms with Crippen LogP contribution in [0.25, 0.3) is 0 Å². The Morgan fingerprint density at radius 2 is 1.91 bits per heavy atom. The zero-order chi connectivity index (χ0) is 16.0. The number of hydrogen-bond donors (Lipinski definition) is 2. The van der Waals surface area contributed by atoms with Crippen molar-refractivity contribution in [3.8, 4) is 0 Å². The molecule has 0 radical (unpaired) electrons. The maximum absolute atomic E-state index is 12.3. The molecule has 1 atom stereocenters. The number of carbonyl (C=O) groups excluding carboxylic acids is 1. The number of amides is 1. The summed E-state index contributed by atoms with van der Waals surface area (Å²) in [5.41, 5.74) is 7.40. The summed E-state index contributed by atoms with van der Waals surface area (Å²) < 4.78 is 5.32. The summed E-state index contributed by atoms with van der Waals surface area (Å²) in [5.74, 6) is 0.207. The van der Waals surface area contributed by atoms with Gasteiger partial charge in [0.05, 0.1) is 6.04 Å². The van der Waals surface area contributed by atoms with Crippen LogP contribution in [0.5, 0.6) is 0 Å². The van der Waals surface area contributed by atoms with Gasteiger partial charge in [-0.25, -0.2) is 0 Å². The van der Waals surface area contributed by atoms with Gasteiger partial charge in [0, 0.05) is 19.8 Å². The Morgan fingerprint density at radius 3 is 2.52 bits per heavy atom. The van der Waals surface area contributed by atoms with Crippen LogP contribution in [-0.2, 0) is 16.0 Å². The van der Waals surface area contributed by atoms with Crippen molar-refractivity contribution in [1.29, 1.82) is 0 Å². The van der Waals surface area contributed by atoms with Gasteiger partial charge in [0.1, 0.15) is 0 Å². The summed E-state index contributed by atoms with van der Waals surface area (Å²) in [6.07, 6.45) is 2.69. The van der Waals surface area contributed by atoms with E-state index in [2.05, 4.69) is 31.3 Å². The summed E-state index contributed by atoms with van der Waals surface area (Å²) in [4.78, 5) is 12.3. The summed E-state index contributed by atoms with van der Waals surface area (Å²) >= 11 is 0. The van der Waals surface area contributed by atoms with Crippen LogP contribution >= 0.6 is 12.4 Å². The van der Waals surface area contributed by atoms with Crippen molar-refractivity contribution < 1.29 is 9.53 Å². The standard InChI is InChI=1S/C18H28N2O2.ClH/c1-18(2,12-14-6-4-3-5-7-14)13-20-17(21)16(19)15-8-10-22-11-9-15;/h3-7,15-16H,8-13,19H2,1-2H3,(H,20,21);1H. The maximum atomic E-state index is 12.3. The number of halogens is 1. The van der Waals surface area contributed by atoms with E-state index < -0.39 is 6.04 Å². The lowest BCUT2D eigenvalue weighted by Gasteiger charge is -2.29. The molecule has 0 aliphatic carbocycles. The number of nitrogens with one attached hydrogen (secondary N) is 1. The predicted octanol–water partition coefficient (Wildman–Crippen LogP) is 2.55. The van der Waals surface area contributed by atoms with E-state index >= 15 is 0 Å². The van der Waals surface area contributed by atoms with Gasteiger partial charge in [-0.2, -0.15) is 0 Å². The molecular weight excluding hydrogens is 312 g/mol. The molecule has 1 aliphatic heterocycles. The normalized spacial score (nSPS) is 17.2. The fourth-order valence-corrected chi connectivity index (χ4v) is 2.94. The molecule has 1 aliphatic rings. The van der Waals surface area contributed by atoms with Crippen LogP contribution in [-0.4, -0.2) is 31.7 Å². The fourth-order valence-electron chi connectivity index (χ4n) is 2.94. The van der Waals surface area contributed by atoms with Crippen molar-refractivity contribution in [2.45, 2.75) is 39.2 Å². The molecule has 0 saturated carbocycles. The number of benzene rings is 1. The van der Waals surface area contributed by atoms with Crippen LogP contribution in [0.2, 0.25) is 0 Å². The second-order valence-electron chi connectivity index (χ2n) is 7.02. The van der Waals surface area contributed by atoms with E-state index in [1.165, 1.54) is 5.56 Å². The van der Waals surface area contributed by atoms with Gasteiger partial charge in [-0.1, -0.05) is 44.2 Å². The van der Waals surface area contributed by atoms with Crippen LogP contribution in [0.15, 0.2) is 30.3 Å². The Hall–Kier alpha value is -1.10.